The number of alkyl carbamates (subject to hydrolysis) is 1. The van der Waals surface area contributed by atoms with E-state index < -0.39 is 18.1 Å². The minimum absolute atomic E-state index is 0.0171. The van der Waals surface area contributed by atoms with Gasteiger partial charge in [0.15, 0.2) is 0 Å². The molecule has 2 amide bonds. The van der Waals surface area contributed by atoms with E-state index in [9.17, 15) is 19.5 Å². The molecular weight excluding hydrogens is 432 g/mol. The van der Waals surface area contributed by atoms with E-state index in [0.717, 1.165) is 12.8 Å². The number of hydrogen-bond donors (Lipinski definition) is 3. The van der Waals surface area contributed by atoms with Crippen molar-refractivity contribution in [2.75, 3.05) is 6.61 Å². The van der Waals surface area contributed by atoms with Gasteiger partial charge in [0, 0.05) is 18.4 Å². The third-order valence-corrected chi connectivity index (χ3v) is 6.89. The monoisotopic (exact) mass is 464 g/mol. The molecule has 2 aromatic carbocycles. The van der Waals surface area contributed by atoms with Gasteiger partial charge >= 0.3 is 12.1 Å². The second kappa shape index (κ2) is 10.7. The third kappa shape index (κ3) is 5.41. The van der Waals surface area contributed by atoms with Crippen LogP contribution in [-0.4, -0.2) is 41.8 Å². The number of rotatable bonds is 9. The van der Waals surface area contributed by atoms with Gasteiger partial charge in [-0.05, 0) is 53.9 Å². The maximum atomic E-state index is 12.5. The molecule has 7 heteroatoms. The fraction of sp³-hybridized carbons (Fsp3) is 0.444. The van der Waals surface area contributed by atoms with E-state index in [1.165, 1.54) is 22.3 Å². The van der Waals surface area contributed by atoms with Gasteiger partial charge in [0.1, 0.15) is 12.6 Å². The van der Waals surface area contributed by atoms with Crippen LogP contribution in [0.4, 0.5) is 4.79 Å². The molecule has 0 bridgehead atoms. The first-order chi connectivity index (χ1) is 16.5. The van der Waals surface area contributed by atoms with Crippen molar-refractivity contribution >= 4 is 18.0 Å². The molecule has 0 saturated heterocycles. The number of nitrogens with one attached hydrogen (secondary N) is 2. The number of hydrogen-bond acceptors (Lipinski definition) is 4. The lowest BCUT2D eigenvalue weighted by molar-refractivity contribution is -0.142. The Balaban J connectivity index is 1.25. The van der Waals surface area contributed by atoms with Crippen LogP contribution in [0.3, 0.4) is 0 Å². The lowest BCUT2D eigenvalue weighted by Crippen LogP contribution is -2.41. The number of amides is 2. The summed E-state index contributed by atoms with van der Waals surface area (Å²) in [6.45, 7) is 2.16. The highest BCUT2D eigenvalue weighted by molar-refractivity contribution is 5.83. The van der Waals surface area contributed by atoms with Gasteiger partial charge in [-0.25, -0.2) is 9.59 Å². The Morgan fingerprint density at radius 1 is 1.03 bits per heavy atom. The SMILES string of the molecule is CCCC(NC(=O)CC1CCC(NC(=O)OCC2c3ccccc3-c3ccccc32)C1)C(=O)O. The summed E-state index contributed by atoms with van der Waals surface area (Å²) < 4.78 is 5.63. The summed E-state index contributed by atoms with van der Waals surface area (Å²) in [5.74, 6) is -1.11. The topological polar surface area (TPSA) is 105 Å². The summed E-state index contributed by atoms with van der Waals surface area (Å²) in [5.41, 5.74) is 4.72. The minimum atomic E-state index is -1.00. The average molecular weight is 465 g/mol. The van der Waals surface area contributed by atoms with Crippen molar-refractivity contribution < 1.29 is 24.2 Å². The van der Waals surface area contributed by atoms with E-state index in [1.54, 1.807) is 0 Å². The summed E-state index contributed by atoms with van der Waals surface area (Å²) in [5, 5.41) is 14.8. The molecule has 0 aliphatic heterocycles. The highest BCUT2D eigenvalue weighted by Gasteiger charge is 2.31. The summed E-state index contributed by atoms with van der Waals surface area (Å²) in [7, 11) is 0. The van der Waals surface area contributed by atoms with Crippen molar-refractivity contribution in [3.8, 4) is 11.1 Å². The molecule has 0 aromatic heterocycles. The number of carbonyl (C=O) groups is 3. The van der Waals surface area contributed by atoms with E-state index in [1.807, 2.05) is 31.2 Å². The first-order valence-electron chi connectivity index (χ1n) is 12.1. The van der Waals surface area contributed by atoms with Gasteiger partial charge < -0.3 is 20.5 Å². The fourth-order valence-electron chi connectivity index (χ4n) is 5.26. The Kier molecular flexibility index (Phi) is 7.50. The van der Waals surface area contributed by atoms with Gasteiger partial charge in [-0.1, -0.05) is 61.9 Å². The van der Waals surface area contributed by atoms with Gasteiger partial charge in [-0.15, -0.1) is 0 Å². The maximum Gasteiger partial charge on any atom is 0.407 e. The van der Waals surface area contributed by atoms with E-state index in [4.69, 9.17) is 4.74 Å². The van der Waals surface area contributed by atoms with Crippen LogP contribution >= 0.6 is 0 Å². The predicted molar refractivity (Wildman–Crippen MR) is 128 cm³/mol. The highest BCUT2D eigenvalue weighted by Crippen LogP contribution is 2.44. The zero-order valence-corrected chi connectivity index (χ0v) is 19.5. The lowest BCUT2D eigenvalue weighted by atomic mass is 9.98. The van der Waals surface area contributed by atoms with Crippen LogP contribution in [0.25, 0.3) is 11.1 Å². The molecule has 0 radical (unpaired) electrons. The number of carbonyl (C=O) groups excluding carboxylic acids is 2. The Morgan fingerprint density at radius 2 is 1.68 bits per heavy atom. The first-order valence-corrected chi connectivity index (χ1v) is 12.1. The van der Waals surface area contributed by atoms with Gasteiger partial charge in [-0.2, -0.15) is 0 Å². The third-order valence-electron chi connectivity index (χ3n) is 6.89. The Labute approximate surface area is 199 Å². The molecule has 7 nitrogen and oxygen atoms in total. The van der Waals surface area contributed by atoms with E-state index >= 15 is 0 Å². The molecule has 1 saturated carbocycles. The van der Waals surface area contributed by atoms with Crippen molar-refractivity contribution in [2.45, 2.75) is 63.5 Å². The van der Waals surface area contributed by atoms with Gasteiger partial charge in [-0.3, -0.25) is 4.79 Å². The zero-order valence-electron chi connectivity index (χ0n) is 19.5. The number of carboxylic acids is 1. The molecule has 3 unspecified atom stereocenters. The van der Waals surface area contributed by atoms with Crippen LogP contribution in [0.2, 0.25) is 0 Å². The Morgan fingerprint density at radius 3 is 2.29 bits per heavy atom. The molecular formula is C27H32N2O5. The van der Waals surface area contributed by atoms with Crippen molar-refractivity contribution in [3.05, 3.63) is 59.7 Å². The molecule has 0 heterocycles. The lowest BCUT2D eigenvalue weighted by Gasteiger charge is -2.17. The van der Waals surface area contributed by atoms with Crippen LogP contribution in [0.15, 0.2) is 48.5 Å². The van der Waals surface area contributed by atoms with Crippen molar-refractivity contribution in [1.82, 2.24) is 10.6 Å². The second-order valence-corrected chi connectivity index (χ2v) is 9.30. The molecule has 180 valence electrons. The first kappa shape index (κ1) is 23.8. The number of carboxylic acid groups (broad SMARTS) is 1. The van der Waals surface area contributed by atoms with Crippen molar-refractivity contribution in [2.24, 2.45) is 5.92 Å². The van der Waals surface area contributed by atoms with Crippen LogP contribution in [0, 0.1) is 5.92 Å². The summed E-state index contributed by atoms with van der Waals surface area (Å²) in [6, 6.07) is 15.6. The quantitative estimate of drug-likeness (QED) is 0.508. The van der Waals surface area contributed by atoms with Crippen molar-refractivity contribution in [1.29, 1.82) is 0 Å². The van der Waals surface area contributed by atoms with Crippen LogP contribution in [0.1, 0.15) is 62.5 Å². The maximum absolute atomic E-state index is 12.5. The summed E-state index contributed by atoms with van der Waals surface area (Å²) in [6.07, 6.45) is 3.21. The molecule has 0 spiro atoms. The molecule has 34 heavy (non-hydrogen) atoms. The summed E-state index contributed by atoms with van der Waals surface area (Å²) in [4.78, 5) is 36.1. The minimum Gasteiger partial charge on any atom is -0.480 e. The molecule has 3 N–H and O–H groups in total. The van der Waals surface area contributed by atoms with Crippen LogP contribution in [0.5, 0.6) is 0 Å². The van der Waals surface area contributed by atoms with Gasteiger partial charge in [0.2, 0.25) is 5.91 Å². The van der Waals surface area contributed by atoms with Gasteiger partial charge in [0.25, 0.3) is 0 Å². The molecule has 2 aromatic rings. The number of ether oxygens (including phenoxy) is 1. The molecule has 4 rings (SSSR count). The second-order valence-electron chi connectivity index (χ2n) is 9.30. The number of fused-ring (bicyclic) bond motifs is 3. The number of aliphatic carboxylic acids is 1. The predicted octanol–water partition coefficient (Wildman–Crippen LogP) is 4.45. The van der Waals surface area contributed by atoms with E-state index in [0.29, 0.717) is 19.3 Å². The smallest absolute Gasteiger partial charge is 0.407 e. The van der Waals surface area contributed by atoms with Gasteiger partial charge in [0.05, 0.1) is 0 Å². The molecule has 2 aliphatic carbocycles. The Bertz CT molecular complexity index is 1010. The summed E-state index contributed by atoms with van der Waals surface area (Å²) >= 11 is 0. The largest absolute Gasteiger partial charge is 0.480 e. The molecule has 1 fully saturated rings. The van der Waals surface area contributed by atoms with Crippen LogP contribution in [-0.2, 0) is 14.3 Å². The highest BCUT2D eigenvalue weighted by atomic mass is 16.5. The molecule has 3 atom stereocenters. The van der Waals surface area contributed by atoms with Crippen molar-refractivity contribution in [3.63, 3.8) is 0 Å². The van der Waals surface area contributed by atoms with E-state index in [-0.39, 0.29) is 36.8 Å². The zero-order chi connectivity index (χ0) is 24.1. The van der Waals surface area contributed by atoms with Crippen LogP contribution < -0.4 is 10.6 Å². The Hall–Kier alpha value is -3.35. The normalized spacial score (nSPS) is 19.7. The number of benzene rings is 2. The molecule has 2 aliphatic rings. The fourth-order valence-corrected chi connectivity index (χ4v) is 5.26. The average Bonchev–Trinajstić information content (AvgIpc) is 3.39. The van der Waals surface area contributed by atoms with E-state index in [2.05, 4.69) is 34.9 Å². The standard InChI is InChI=1S/C27H32N2O5/c1-2-7-24(26(31)32)29-25(30)15-17-12-13-18(14-17)28-27(33)34-16-23-21-10-5-3-8-19(21)20-9-4-6-11-22(20)23/h3-6,8-11,17-18,23-24H,2,7,12-16H2,1H3,(H,28,33)(H,29,30)(H,31,32).